The zero-order valence-electron chi connectivity index (χ0n) is 2.61. The van der Waals surface area contributed by atoms with Crippen molar-refractivity contribution in [3.05, 3.63) is 0 Å². The summed E-state index contributed by atoms with van der Waals surface area (Å²) in [6.07, 6.45) is 0. The first-order chi connectivity index (χ1) is 2.00. The van der Waals surface area contributed by atoms with E-state index in [4.69, 9.17) is 11.2 Å². The predicted octanol–water partition coefficient (Wildman–Crippen LogP) is 1.76. The van der Waals surface area contributed by atoms with Gasteiger partial charge in [0.2, 0.25) is 0 Å². The van der Waals surface area contributed by atoms with Crippen LogP contribution in [-0.2, 0) is 0 Å². The molecule has 0 aromatic carbocycles. The molecule has 0 nitrogen and oxygen atoms in total. The van der Waals surface area contributed by atoms with Crippen molar-refractivity contribution < 1.29 is 4.20 Å². The van der Waals surface area contributed by atoms with Crippen LogP contribution in [0.15, 0.2) is 0 Å². The van der Waals surface area contributed by atoms with Crippen LogP contribution in [0.25, 0.3) is 0 Å². The van der Waals surface area contributed by atoms with Gasteiger partial charge in [0.1, 0.15) is 0 Å². The van der Waals surface area contributed by atoms with Gasteiger partial charge in [-0.15, -0.1) is 0 Å². The van der Waals surface area contributed by atoms with Crippen LogP contribution in [-0.4, -0.2) is 21.8 Å². The molecule has 0 aliphatic rings. The molecule has 0 rings (SSSR count). The fourth-order valence-electron chi connectivity index (χ4n) is 0. The van der Waals surface area contributed by atoms with Crippen molar-refractivity contribution in [1.82, 2.24) is 0 Å². The predicted molar refractivity (Wildman–Crippen MR) is 25.6 cm³/mol. The molecule has 0 saturated heterocycles. The van der Waals surface area contributed by atoms with Crippen LogP contribution in [0.4, 0.5) is 4.20 Å². The van der Waals surface area contributed by atoms with Gasteiger partial charge in [0, 0.05) is 0 Å². The van der Waals surface area contributed by atoms with E-state index < -0.39 is 5.17 Å². The van der Waals surface area contributed by atoms with Gasteiger partial charge in [-0.25, -0.2) is 0 Å². The van der Waals surface area contributed by atoms with E-state index in [1.54, 1.807) is 0 Å². The molecule has 0 spiro atoms. The first-order valence-electron chi connectivity index (χ1n) is 0.968. The maximum absolute atomic E-state index is 11.5. The normalized spacial score (nSPS) is 21.4. The average Bonchev–Trinajstić information content (AvgIpc) is 0.722. The minimum atomic E-state index is -2.54. The van der Waals surface area contributed by atoms with Gasteiger partial charge >= 0.3 is 42.4 Å². The van der Waals surface area contributed by atoms with Gasteiger partial charge in [0.15, 0.2) is 0 Å². The van der Waals surface area contributed by atoms with Gasteiger partial charge in [-0.1, -0.05) is 0 Å². The number of halogens is 2. The van der Waals surface area contributed by atoms with E-state index in [0.29, 0.717) is 0 Å². The van der Waals surface area contributed by atoms with Crippen molar-refractivity contribution >= 4 is 31.5 Å². The molecule has 4 heteroatoms. The van der Waals surface area contributed by atoms with Gasteiger partial charge in [-0.3, -0.25) is 0 Å². The summed E-state index contributed by atoms with van der Waals surface area (Å²) in [6.45, 7) is 1.34. The molecule has 0 aromatic heterocycles. The van der Waals surface area contributed by atoms with E-state index >= 15 is 0 Å². The molecule has 0 radical (unpaired) electrons. The molecule has 0 aromatic rings. The van der Waals surface area contributed by atoms with Crippen molar-refractivity contribution in [2.45, 2.75) is 0 Å². The van der Waals surface area contributed by atoms with Crippen molar-refractivity contribution in [1.29, 1.82) is 0 Å². The molecule has 1 unspecified atom stereocenters. The van der Waals surface area contributed by atoms with Crippen LogP contribution < -0.4 is 0 Å². The first kappa shape index (κ1) is 6.17. The Balaban J connectivity index is 3.47. The summed E-state index contributed by atoms with van der Waals surface area (Å²) in [5.41, 5.74) is 0. The Bertz CT molecular complexity index is 57.8. The van der Waals surface area contributed by atoms with E-state index in [-0.39, 0.29) is 0 Å². The molecule has 0 heterocycles. The van der Waals surface area contributed by atoms with Crippen LogP contribution in [0.3, 0.4) is 0 Å². The van der Waals surface area contributed by atoms with Crippen molar-refractivity contribution in [3.63, 3.8) is 0 Å². The number of hydrogen-bond acceptors (Lipinski definition) is 0. The van der Waals surface area contributed by atoms with Crippen LogP contribution >= 0.6 is 16.4 Å². The maximum atomic E-state index is 11.5. The van der Waals surface area contributed by atoms with Gasteiger partial charge in [0.25, 0.3) is 0 Å². The molecule has 0 fully saturated rings. The topological polar surface area (TPSA) is 0 Å². The van der Waals surface area contributed by atoms with Gasteiger partial charge in [0.05, 0.1) is 0 Å². The average molecular weight is 179 g/mol. The minimum absolute atomic E-state index is 1.34. The monoisotopic (exact) mass is 180 g/mol. The third-order valence-electron chi connectivity index (χ3n) is 0. The summed E-state index contributed by atoms with van der Waals surface area (Å²) >= 11 is 7.11. The van der Waals surface area contributed by atoms with Gasteiger partial charge in [-0.2, -0.15) is 0 Å². The van der Waals surface area contributed by atoms with Crippen LogP contribution in [0, 0.1) is 0 Å². The molecule has 32 valence electrons. The Kier molecular flexibility index (Phi) is 2.16. The fraction of sp³-hybridized carbons (Fsp3) is 1.00. The Morgan fingerprint density at radius 1 is 2.00 bits per heavy atom. The summed E-state index contributed by atoms with van der Waals surface area (Å²) in [7, 11) is 0. The second-order valence-electron chi connectivity index (χ2n) is 0.723. The number of rotatable bonds is 0. The molecule has 0 N–H and O–H groups in total. The van der Waals surface area contributed by atoms with Gasteiger partial charge < -0.3 is 0 Å². The SMILES string of the molecule is CP(F)(Cl)=[Se]. The molecular formula is CH3ClFPSe. The summed E-state index contributed by atoms with van der Waals surface area (Å²) in [4.78, 5) is 0. The third kappa shape index (κ3) is 38.0. The Morgan fingerprint density at radius 2 is 2.00 bits per heavy atom. The Morgan fingerprint density at radius 3 is 2.00 bits per heavy atom. The third-order valence-corrected chi connectivity index (χ3v) is 0. The van der Waals surface area contributed by atoms with E-state index in [1.807, 2.05) is 0 Å². The first-order valence-corrected chi connectivity index (χ1v) is 6.22. The molecule has 0 bridgehead atoms. The second kappa shape index (κ2) is 1.75. The molecule has 0 aliphatic carbocycles. The standard InChI is InChI=1S/CH3ClFPSe/c1-4(2,3)5/h1H3. The van der Waals surface area contributed by atoms with Crippen molar-refractivity contribution in [2.24, 2.45) is 0 Å². The van der Waals surface area contributed by atoms with Crippen molar-refractivity contribution in [3.8, 4) is 0 Å². The Hall–Kier alpha value is 1.17. The molecule has 1 atom stereocenters. The fourth-order valence-corrected chi connectivity index (χ4v) is 0. The van der Waals surface area contributed by atoms with Crippen molar-refractivity contribution in [2.75, 3.05) is 6.66 Å². The van der Waals surface area contributed by atoms with Gasteiger partial charge in [-0.05, 0) is 0 Å². The quantitative estimate of drug-likeness (QED) is 0.393. The number of hydrogen-bond donors (Lipinski definition) is 0. The van der Waals surface area contributed by atoms with E-state index in [1.165, 1.54) is 6.66 Å². The summed E-state index contributed by atoms with van der Waals surface area (Å²) in [6, 6.07) is 0. The molecule has 0 aliphatic heterocycles. The summed E-state index contributed by atoms with van der Waals surface area (Å²) in [5, 5.41) is -2.54. The van der Waals surface area contributed by atoms with Crippen LogP contribution in [0.1, 0.15) is 0 Å². The Labute approximate surface area is 42.8 Å². The summed E-state index contributed by atoms with van der Waals surface area (Å²) in [5.74, 6) is 0. The molecular weight excluding hydrogens is 176 g/mol. The second-order valence-corrected chi connectivity index (χ2v) is 9.75. The van der Waals surface area contributed by atoms with Crippen LogP contribution in [0.2, 0.25) is 0 Å². The molecule has 5 heavy (non-hydrogen) atoms. The zero-order chi connectivity index (χ0) is 4.50. The van der Waals surface area contributed by atoms with E-state index in [0.717, 1.165) is 0 Å². The molecule has 0 amide bonds. The molecule has 0 saturated carbocycles. The van der Waals surface area contributed by atoms with E-state index in [2.05, 4.69) is 15.1 Å². The van der Waals surface area contributed by atoms with E-state index in [9.17, 15) is 4.20 Å². The van der Waals surface area contributed by atoms with Crippen LogP contribution in [0.5, 0.6) is 0 Å². The zero-order valence-corrected chi connectivity index (χ0v) is 5.97. The summed E-state index contributed by atoms with van der Waals surface area (Å²) < 4.78 is 11.5.